The molecule has 2 heteroatoms. The molecule has 0 saturated carbocycles. The summed E-state index contributed by atoms with van der Waals surface area (Å²) in [6.45, 7) is 10.7. The van der Waals surface area contributed by atoms with Crippen molar-refractivity contribution in [1.29, 1.82) is 0 Å². The third-order valence-corrected chi connectivity index (χ3v) is 3.34. The molecule has 0 bridgehead atoms. The van der Waals surface area contributed by atoms with Crippen molar-refractivity contribution in [2.45, 2.75) is 45.8 Å². The second-order valence-electron chi connectivity index (χ2n) is 5.41. The first kappa shape index (κ1) is 12.4. The maximum absolute atomic E-state index is 5.76. The summed E-state index contributed by atoms with van der Waals surface area (Å²) in [5.41, 5.74) is 2.72. The fraction of sp³-hybridized carbons (Fsp3) is 0.600. The normalized spacial score (nSPS) is 25.4. The van der Waals surface area contributed by atoms with E-state index in [9.17, 15) is 0 Å². The lowest BCUT2D eigenvalue weighted by Gasteiger charge is -2.37. The Labute approximate surface area is 105 Å². The molecule has 0 aromatic heterocycles. The molecule has 2 rings (SSSR count). The minimum atomic E-state index is 0.323. The zero-order valence-corrected chi connectivity index (χ0v) is 11.3. The van der Waals surface area contributed by atoms with Gasteiger partial charge in [-0.15, -0.1) is 0 Å². The number of morpholine rings is 1. The van der Waals surface area contributed by atoms with Crippen molar-refractivity contribution in [2.75, 3.05) is 18.0 Å². The van der Waals surface area contributed by atoms with E-state index in [4.69, 9.17) is 4.74 Å². The summed E-state index contributed by atoms with van der Waals surface area (Å²) in [6.07, 6.45) is 0.645. The molecule has 2 atom stereocenters. The smallest absolute Gasteiger partial charge is 0.0726 e. The second kappa shape index (κ2) is 5.09. The van der Waals surface area contributed by atoms with E-state index in [2.05, 4.69) is 56.9 Å². The van der Waals surface area contributed by atoms with Gasteiger partial charge in [0.15, 0.2) is 0 Å². The van der Waals surface area contributed by atoms with Crippen molar-refractivity contribution in [3.8, 4) is 0 Å². The van der Waals surface area contributed by atoms with Gasteiger partial charge in [0.2, 0.25) is 0 Å². The Bertz CT molecular complexity index is 348. The van der Waals surface area contributed by atoms with Crippen molar-refractivity contribution < 1.29 is 4.74 Å². The van der Waals surface area contributed by atoms with Gasteiger partial charge in [-0.3, -0.25) is 0 Å². The molecule has 0 aliphatic carbocycles. The zero-order valence-electron chi connectivity index (χ0n) is 11.3. The van der Waals surface area contributed by atoms with E-state index in [1.54, 1.807) is 0 Å². The van der Waals surface area contributed by atoms with Crippen LogP contribution < -0.4 is 4.90 Å². The monoisotopic (exact) mass is 233 g/mol. The quantitative estimate of drug-likeness (QED) is 0.776. The van der Waals surface area contributed by atoms with Gasteiger partial charge >= 0.3 is 0 Å². The Hall–Kier alpha value is -1.02. The van der Waals surface area contributed by atoms with Crippen LogP contribution in [0.5, 0.6) is 0 Å². The number of rotatable bonds is 2. The summed E-state index contributed by atoms with van der Waals surface area (Å²) >= 11 is 0. The Kier molecular flexibility index (Phi) is 3.72. The van der Waals surface area contributed by atoms with Crippen molar-refractivity contribution >= 4 is 5.69 Å². The maximum atomic E-state index is 5.76. The first-order chi connectivity index (χ1) is 8.06. The van der Waals surface area contributed by atoms with Gasteiger partial charge in [-0.1, -0.05) is 26.0 Å². The van der Waals surface area contributed by atoms with Gasteiger partial charge in [-0.2, -0.15) is 0 Å². The average Bonchev–Trinajstić information content (AvgIpc) is 2.28. The van der Waals surface area contributed by atoms with E-state index in [1.165, 1.54) is 11.3 Å². The molecular weight excluding hydrogens is 210 g/mol. The van der Waals surface area contributed by atoms with Gasteiger partial charge < -0.3 is 9.64 Å². The van der Waals surface area contributed by atoms with Crippen LogP contribution in [0.1, 0.15) is 39.2 Å². The number of hydrogen-bond donors (Lipinski definition) is 0. The van der Waals surface area contributed by atoms with E-state index >= 15 is 0 Å². The summed E-state index contributed by atoms with van der Waals surface area (Å²) < 4.78 is 5.76. The summed E-state index contributed by atoms with van der Waals surface area (Å²) in [6, 6.07) is 8.95. The van der Waals surface area contributed by atoms with Crippen LogP contribution in [0.2, 0.25) is 0 Å². The van der Waals surface area contributed by atoms with Crippen molar-refractivity contribution in [2.24, 2.45) is 0 Å². The lowest BCUT2D eigenvalue weighted by Crippen LogP contribution is -2.45. The van der Waals surface area contributed by atoms with E-state index in [0.717, 1.165) is 13.1 Å². The first-order valence-electron chi connectivity index (χ1n) is 6.56. The highest BCUT2D eigenvalue weighted by Gasteiger charge is 2.22. The number of ether oxygens (including phenoxy) is 1. The SMILES string of the molecule is CC1CN(c2ccc(C(C)C)cc2)CC(C)O1. The lowest BCUT2D eigenvalue weighted by atomic mass is 10.0. The lowest BCUT2D eigenvalue weighted by molar-refractivity contribution is -0.00521. The summed E-state index contributed by atoms with van der Waals surface area (Å²) in [5, 5.41) is 0. The molecule has 0 radical (unpaired) electrons. The molecule has 2 nitrogen and oxygen atoms in total. The van der Waals surface area contributed by atoms with Gasteiger partial charge in [0.1, 0.15) is 0 Å². The third-order valence-electron chi connectivity index (χ3n) is 3.34. The van der Waals surface area contributed by atoms with Crippen LogP contribution in [0.15, 0.2) is 24.3 Å². The standard InChI is InChI=1S/C15H23NO/c1-11(2)14-5-7-15(8-6-14)16-9-12(3)17-13(4)10-16/h5-8,11-13H,9-10H2,1-4H3. The fourth-order valence-electron chi connectivity index (χ4n) is 2.46. The number of anilines is 1. The summed E-state index contributed by atoms with van der Waals surface area (Å²) in [4.78, 5) is 2.42. The molecule has 1 heterocycles. The molecular formula is C15H23NO. The van der Waals surface area contributed by atoms with Crippen molar-refractivity contribution in [3.05, 3.63) is 29.8 Å². The molecule has 1 aliphatic rings. The van der Waals surface area contributed by atoms with E-state index in [-0.39, 0.29) is 0 Å². The first-order valence-corrected chi connectivity index (χ1v) is 6.56. The van der Waals surface area contributed by atoms with Crippen molar-refractivity contribution in [3.63, 3.8) is 0 Å². The number of hydrogen-bond acceptors (Lipinski definition) is 2. The van der Waals surface area contributed by atoms with Crippen LogP contribution in [0.4, 0.5) is 5.69 Å². The molecule has 94 valence electrons. The minimum absolute atomic E-state index is 0.323. The zero-order chi connectivity index (χ0) is 12.4. The number of benzene rings is 1. The van der Waals surface area contributed by atoms with Crippen molar-refractivity contribution in [1.82, 2.24) is 0 Å². The molecule has 17 heavy (non-hydrogen) atoms. The predicted octanol–water partition coefficient (Wildman–Crippen LogP) is 3.42. The second-order valence-corrected chi connectivity index (χ2v) is 5.41. The highest BCUT2D eigenvalue weighted by molar-refractivity contribution is 5.48. The topological polar surface area (TPSA) is 12.5 Å². The largest absolute Gasteiger partial charge is 0.372 e. The van der Waals surface area contributed by atoms with Gasteiger partial charge in [0.05, 0.1) is 12.2 Å². The van der Waals surface area contributed by atoms with Crippen LogP contribution >= 0.6 is 0 Å². The Morgan fingerprint density at radius 3 is 2.06 bits per heavy atom. The Morgan fingerprint density at radius 1 is 1.06 bits per heavy atom. The molecule has 1 saturated heterocycles. The molecule has 1 aromatic rings. The van der Waals surface area contributed by atoms with Crippen LogP contribution in [-0.4, -0.2) is 25.3 Å². The Balaban J connectivity index is 2.11. The molecule has 1 fully saturated rings. The van der Waals surface area contributed by atoms with Gasteiger partial charge in [-0.05, 0) is 37.5 Å². The van der Waals surface area contributed by atoms with Gasteiger partial charge in [0.25, 0.3) is 0 Å². The average molecular weight is 233 g/mol. The van der Waals surface area contributed by atoms with E-state index in [0.29, 0.717) is 18.1 Å². The fourth-order valence-corrected chi connectivity index (χ4v) is 2.46. The molecule has 2 unspecified atom stereocenters. The van der Waals surface area contributed by atoms with Gasteiger partial charge in [0, 0.05) is 18.8 Å². The van der Waals surface area contributed by atoms with Gasteiger partial charge in [-0.25, -0.2) is 0 Å². The van der Waals surface area contributed by atoms with E-state index < -0.39 is 0 Å². The highest BCUT2D eigenvalue weighted by Crippen LogP contribution is 2.23. The molecule has 1 aliphatic heterocycles. The predicted molar refractivity (Wildman–Crippen MR) is 72.8 cm³/mol. The molecule has 0 N–H and O–H groups in total. The van der Waals surface area contributed by atoms with Crippen LogP contribution in [0.3, 0.4) is 0 Å². The maximum Gasteiger partial charge on any atom is 0.0726 e. The Morgan fingerprint density at radius 2 is 1.59 bits per heavy atom. The minimum Gasteiger partial charge on any atom is -0.372 e. The molecule has 0 spiro atoms. The summed E-state index contributed by atoms with van der Waals surface area (Å²) in [5.74, 6) is 0.603. The number of nitrogens with zero attached hydrogens (tertiary/aromatic N) is 1. The molecule has 1 aromatic carbocycles. The van der Waals surface area contributed by atoms with Crippen LogP contribution in [0.25, 0.3) is 0 Å². The molecule has 0 amide bonds. The summed E-state index contributed by atoms with van der Waals surface area (Å²) in [7, 11) is 0. The van der Waals surface area contributed by atoms with E-state index in [1.807, 2.05) is 0 Å². The highest BCUT2D eigenvalue weighted by atomic mass is 16.5. The third kappa shape index (κ3) is 3.01. The van der Waals surface area contributed by atoms with Crippen LogP contribution in [-0.2, 0) is 4.74 Å². The van der Waals surface area contributed by atoms with Crippen LogP contribution in [0, 0.1) is 0 Å².